The minimum atomic E-state index is -2.54. The Labute approximate surface area is 116 Å². The first-order valence-electron chi connectivity index (χ1n) is 6.41. The number of aromatic nitrogens is 1. The Morgan fingerprint density at radius 3 is 2.20 bits per heavy atom. The van der Waals surface area contributed by atoms with Crippen molar-refractivity contribution in [3.05, 3.63) is 23.6 Å². The number of nitrogens with zero attached hydrogens (tertiary/aromatic N) is 1. The fourth-order valence-corrected chi connectivity index (χ4v) is 1.98. The fraction of sp³-hybridized carbons (Fsp3) is 0.615. The quantitative estimate of drug-likeness (QED) is 0.631. The average molecular weight is 287 g/mol. The van der Waals surface area contributed by atoms with Gasteiger partial charge < -0.3 is 9.31 Å². The van der Waals surface area contributed by atoms with Crippen LogP contribution in [-0.4, -0.2) is 29.7 Å². The van der Waals surface area contributed by atoms with E-state index in [1.165, 1.54) is 6.07 Å². The maximum absolute atomic E-state index is 13.3. The molecule has 1 aromatic heterocycles. The third-order valence-electron chi connectivity index (χ3n) is 3.83. The number of rotatable bonds is 3. The van der Waals surface area contributed by atoms with Crippen molar-refractivity contribution in [1.29, 1.82) is 0 Å². The molecule has 0 aromatic carbocycles. The summed E-state index contributed by atoms with van der Waals surface area (Å²) in [6.45, 7) is 7.33. The molecule has 1 aromatic rings. The molecule has 0 aliphatic carbocycles. The van der Waals surface area contributed by atoms with Crippen LogP contribution in [0.25, 0.3) is 0 Å². The number of pyridine rings is 1. The predicted octanol–water partition coefficient (Wildman–Crippen LogP) is 2.33. The van der Waals surface area contributed by atoms with E-state index >= 15 is 0 Å². The van der Waals surface area contributed by atoms with E-state index in [-0.39, 0.29) is 11.2 Å². The molecule has 1 fully saturated rings. The van der Waals surface area contributed by atoms with Crippen LogP contribution < -0.4 is 5.59 Å². The van der Waals surface area contributed by atoms with E-state index in [2.05, 4.69) is 4.98 Å². The lowest BCUT2D eigenvalue weighted by molar-refractivity contribution is 0.00578. The van der Waals surface area contributed by atoms with E-state index < -0.39 is 37.1 Å². The first kappa shape index (κ1) is 15.3. The van der Waals surface area contributed by atoms with Crippen molar-refractivity contribution in [1.82, 2.24) is 4.98 Å². The molecule has 0 saturated carbocycles. The van der Waals surface area contributed by atoms with E-state index in [0.29, 0.717) is 0 Å². The van der Waals surface area contributed by atoms with Crippen molar-refractivity contribution in [2.45, 2.75) is 51.7 Å². The summed E-state index contributed by atoms with van der Waals surface area (Å²) in [4.78, 5) is 3.69. The lowest BCUT2D eigenvalue weighted by Gasteiger charge is -2.32. The van der Waals surface area contributed by atoms with Crippen LogP contribution >= 0.6 is 0 Å². The predicted molar refractivity (Wildman–Crippen MR) is 69.6 cm³/mol. The van der Waals surface area contributed by atoms with Crippen molar-refractivity contribution in [2.75, 3.05) is 0 Å². The Balaban J connectivity index is 2.36. The Hall–Kier alpha value is -1.08. The van der Waals surface area contributed by atoms with Crippen LogP contribution in [-0.2, 0) is 15.7 Å². The molecule has 2 rings (SSSR count). The van der Waals surface area contributed by atoms with Gasteiger partial charge in [-0.1, -0.05) is 6.07 Å². The molecule has 0 unspecified atom stereocenters. The molecule has 3 nitrogen and oxygen atoms in total. The molecule has 0 amide bonds. The summed E-state index contributed by atoms with van der Waals surface area (Å²) in [6.07, 6.45) is -3.05. The lowest BCUT2D eigenvalue weighted by atomic mass is 9.80. The van der Waals surface area contributed by atoms with Gasteiger partial charge in [-0.3, -0.25) is 0 Å². The van der Waals surface area contributed by atoms with Crippen LogP contribution in [0.5, 0.6) is 0 Å². The molecule has 1 aliphatic heterocycles. The second-order valence-electron chi connectivity index (χ2n) is 5.86. The highest BCUT2D eigenvalue weighted by Crippen LogP contribution is 2.36. The fourth-order valence-electron chi connectivity index (χ4n) is 1.98. The zero-order valence-electron chi connectivity index (χ0n) is 11.9. The van der Waals surface area contributed by atoms with Crippen LogP contribution in [0.2, 0.25) is 0 Å². The smallest absolute Gasteiger partial charge is 0.398 e. The van der Waals surface area contributed by atoms with Gasteiger partial charge in [0.1, 0.15) is 0 Å². The van der Waals surface area contributed by atoms with Gasteiger partial charge in [-0.2, -0.15) is 4.39 Å². The van der Waals surface area contributed by atoms with Crippen LogP contribution in [0.3, 0.4) is 0 Å². The third kappa shape index (κ3) is 2.83. The Kier molecular flexibility index (Phi) is 3.86. The minimum absolute atomic E-state index is 0.0870. The second-order valence-corrected chi connectivity index (χ2v) is 5.86. The van der Waals surface area contributed by atoms with Gasteiger partial charge in [-0.05, 0) is 39.3 Å². The maximum atomic E-state index is 13.3. The summed E-state index contributed by atoms with van der Waals surface area (Å²) in [5, 5.41) is 0. The van der Waals surface area contributed by atoms with E-state index in [4.69, 9.17) is 9.31 Å². The molecule has 1 aliphatic rings. The first-order chi connectivity index (χ1) is 9.12. The number of halogens is 3. The van der Waals surface area contributed by atoms with Crippen LogP contribution in [0.1, 0.15) is 33.3 Å². The van der Waals surface area contributed by atoms with Crippen molar-refractivity contribution in [3.63, 3.8) is 0 Å². The number of hydrogen-bond acceptors (Lipinski definition) is 3. The summed E-state index contributed by atoms with van der Waals surface area (Å²) in [5.41, 5.74) is -0.939. The van der Waals surface area contributed by atoms with Crippen molar-refractivity contribution in [3.8, 4) is 0 Å². The van der Waals surface area contributed by atoms with E-state index in [9.17, 15) is 13.2 Å². The summed E-state index contributed by atoms with van der Waals surface area (Å²) in [6, 6.07) is 2.36. The Morgan fingerprint density at radius 2 is 1.70 bits per heavy atom. The molecule has 0 spiro atoms. The molecule has 0 N–H and O–H groups in total. The molecule has 0 atom stereocenters. The molecule has 0 radical (unpaired) electrons. The van der Waals surface area contributed by atoms with E-state index in [1.54, 1.807) is 0 Å². The van der Waals surface area contributed by atoms with E-state index in [0.717, 1.165) is 6.07 Å². The number of hydrogen-bond donors (Lipinski definition) is 0. The third-order valence-corrected chi connectivity index (χ3v) is 3.83. The molecule has 110 valence electrons. The van der Waals surface area contributed by atoms with Gasteiger partial charge >= 0.3 is 7.12 Å². The molecule has 1 saturated heterocycles. The van der Waals surface area contributed by atoms with Crippen LogP contribution in [0, 0.1) is 5.95 Å². The van der Waals surface area contributed by atoms with Crippen molar-refractivity contribution >= 4 is 12.7 Å². The monoisotopic (exact) mass is 287 g/mol. The SMILES string of the molecule is CC1(C)OB(c2nc(F)ccc2CC(F)F)OC1(C)C. The number of alkyl halides is 2. The normalized spacial score (nSPS) is 20.7. The standard InChI is InChI=1S/C13H17BF3NO2/c1-12(2)13(3,4)20-14(19-12)11-8(7-9(15)16)5-6-10(17)18-11/h5-6,9H,7H2,1-4H3. The van der Waals surface area contributed by atoms with Gasteiger partial charge in [0.25, 0.3) is 0 Å². The van der Waals surface area contributed by atoms with Gasteiger partial charge in [0.2, 0.25) is 12.4 Å². The maximum Gasteiger partial charge on any atom is 0.514 e. The minimum Gasteiger partial charge on any atom is -0.398 e. The highest BCUT2D eigenvalue weighted by Gasteiger charge is 2.53. The second kappa shape index (κ2) is 5.04. The molecule has 0 bridgehead atoms. The largest absolute Gasteiger partial charge is 0.514 e. The topological polar surface area (TPSA) is 31.4 Å². The average Bonchev–Trinajstić information content (AvgIpc) is 2.50. The van der Waals surface area contributed by atoms with Gasteiger partial charge in [-0.25, -0.2) is 13.8 Å². The first-order valence-corrected chi connectivity index (χ1v) is 6.41. The summed E-state index contributed by atoms with van der Waals surface area (Å²) >= 11 is 0. The van der Waals surface area contributed by atoms with E-state index in [1.807, 2.05) is 27.7 Å². The Morgan fingerprint density at radius 1 is 1.15 bits per heavy atom. The summed E-state index contributed by atoms with van der Waals surface area (Å²) < 4.78 is 50.0. The molecule has 2 heterocycles. The van der Waals surface area contributed by atoms with Crippen LogP contribution in [0.4, 0.5) is 13.2 Å². The van der Waals surface area contributed by atoms with Crippen molar-refractivity contribution < 1.29 is 22.5 Å². The molecule has 7 heteroatoms. The zero-order chi connectivity index (χ0) is 15.1. The highest BCUT2D eigenvalue weighted by atomic mass is 19.3. The van der Waals surface area contributed by atoms with Crippen molar-refractivity contribution in [2.24, 2.45) is 0 Å². The molecule has 20 heavy (non-hydrogen) atoms. The summed E-state index contributed by atoms with van der Waals surface area (Å²) in [7, 11) is -0.940. The summed E-state index contributed by atoms with van der Waals surface area (Å²) in [5.74, 6) is -0.743. The van der Waals surface area contributed by atoms with Gasteiger partial charge in [0.05, 0.1) is 16.8 Å². The van der Waals surface area contributed by atoms with Gasteiger partial charge in [-0.15, -0.1) is 0 Å². The highest BCUT2D eigenvalue weighted by molar-refractivity contribution is 6.61. The van der Waals surface area contributed by atoms with Crippen LogP contribution in [0.15, 0.2) is 12.1 Å². The van der Waals surface area contributed by atoms with Gasteiger partial charge in [0, 0.05) is 6.42 Å². The zero-order valence-corrected chi connectivity index (χ0v) is 11.9. The molecular weight excluding hydrogens is 270 g/mol. The Bertz CT molecular complexity index is 492. The lowest BCUT2D eigenvalue weighted by Crippen LogP contribution is -2.41. The van der Waals surface area contributed by atoms with Gasteiger partial charge in [0.15, 0.2) is 0 Å². The molecular formula is C13H17BF3NO2.